The van der Waals surface area contributed by atoms with Crippen molar-refractivity contribution in [3.8, 4) is 0 Å². The fourth-order valence-electron chi connectivity index (χ4n) is 2.32. The van der Waals surface area contributed by atoms with Crippen molar-refractivity contribution < 1.29 is 14.3 Å². The third-order valence-electron chi connectivity index (χ3n) is 3.16. The van der Waals surface area contributed by atoms with Crippen molar-refractivity contribution in [2.75, 3.05) is 13.1 Å². The molecule has 1 aromatic carbocycles. The van der Waals surface area contributed by atoms with E-state index < -0.39 is 11.9 Å². The molecule has 1 aromatic rings. The minimum absolute atomic E-state index is 0.0573. The molecule has 2 rings (SSSR count). The molecule has 0 spiro atoms. The van der Waals surface area contributed by atoms with E-state index in [-0.39, 0.29) is 11.7 Å². The van der Waals surface area contributed by atoms with Crippen molar-refractivity contribution in [1.29, 1.82) is 0 Å². The second kappa shape index (κ2) is 4.22. The van der Waals surface area contributed by atoms with Crippen LogP contribution in [0.4, 0.5) is 4.39 Å². The van der Waals surface area contributed by atoms with Crippen molar-refractivity contribution in [3.05, 3.63) is 35.1 Å². The van der Waals surface area contributed by atoms with Crippen LogP contribution in [-0.2, 0) is 4.79 Å². The Morgan fingerprint density at radius 2 is 2.25 bits per heavy atom. The third kappa shape index (κ3) is 1.93. The van der Waals surface area contributed by atoms with Crippen LogP contribution in [0.5, 0.6) is 0 Å². The standard InChI is InChI=1S/C12H14FNO2/c1-7-4-8(13)2-3-9(7)10-5-14-6-11(10)12(15)16/h2-4,10-11,14H,5-6H2,1H3,(H,15,16). The van der Waals surface area contributed by atoms with Gasteiger partial charge in [0.1, 0.15) is 5.82 Å². The Morgan fingerprint density at radius 1 is 1.50 bits per heavy atom. The fourth-order valence-corrected chi connectivity index (χ4v) is 2.32. The number of nitrogens with one attached hydrogen (secondary N) is 1. The van der Waals surface area contributed by atoms with Crippen molar-refractivity contribution in [2.45, 2.75) is 12.8 Å². The molecule has 1 heterocycles. The molecule has 16 heavy (non-hydrogen) atoms. The average molecular weight is 223 g/mol. The highest BCUT2D eigenvalue weighted by Crippen LogP contribution is 2.30. The summed E-state index contributed by atoms with van der Waals surface area (Å²) in [6.07, 6.45) is 0. The van der Waals surface area contributed by atoms with Crippen molar-refractivity contribution >= 4 is 5.97 Å². The highest BCUT2D eigenvalue weighted by atomic mass is 19.1. The lowest BCUT2D eigenvalue weighted by molar-refractivity contribution is -0.141. The summed E-state index contributed by atoms with van der Waals surface area (Å²) in [4.78, 5) is 11.0. The van der Waals surface area contributed by atoms with E-state index in [1.165, 1.54) is 12.1 Å². The van der Waals surface area contributed by atoms with E-state index in [0.717, 1.165) is 11.1 Å². The number of carboxylic acid groups (broad SMARTS) is 1. The molecule has 1 aliphatic heterocycles. The molecule has 1 fully saturated rings. The summed E-state index contributed by atoms with van der Waals surface area (Å²) in [5.74, 6) is -1.54. The maximum atomic E-state index is 13.0. The quantitative estimate of drug-likeness (QED) is 0.799. The minimum Gasteiger partial charge on any atom is -0.481 e. The second-order valence-corrected chi connectivity index (χ2v) is 4.21. The Bertz CT molecular complexity index is 419. The molecule has 0 radical (unpaired) electrons. The van der Waals surface area contributed by atoms with Crippen LogP contribution in [0.2, 0.25) is 0 Å². The van der Waals surface area contributed by atoms with Crippen molar-refractivity contribution in [3.63, 3.8) is 0 Å². The molecule has 2 atom stereocenters. The SMILES string of the molecule is Cc1cc(F)ccc1C1CNCC1C(=O)O. The van der Waals surface area contributed by atoms with Crippen LogP contribution in [0, 0.1) is 18.7 Å². The number of benzene rings is 1. The lowest BCUT2D eigenvalue weighted by Crippen LogP contribution is -2.21. The van der Waals surface area contributed by atoms with Crippen LogP contribution in [0.25, 0.3) is 0 Å². The van der Waals surface area contributed by atoms with Crippen LogP contribution in [-0.4, -0.2) is 24.2 Å². The molecule has 0 saturated carbocycles. The maximum absolute atomic E-state index is 13.0. The first-order valence-corrected chi connectivity index (χ1v) is 5.29. The van der Waals surface area contributed by atoms with Crippen LogP contribution < -0.4 is 5.32 Å². The highest BCUT2D eigenvalue weighted by molar-refractivity contribution is 5.72. The number of hydrogen-bond acceptors (Lipinski definition) is 2. The van der Waals surface area contributed by atoms with E-state index >= 15 is 0 Å². The van der Waals surface area contributed by atoms with Crippen molar-refractivity contribution in [1.82, 2.24) is 5.32 Å². The van der Waals surface area contributed by atoms with Gasteiger partial charge < -0.3 is 10.4 Å². The molecule has 86 valence electrons. The van der Waals surface area contributed by atoms with Gasteiger partial charge in [-0.2, -0.15) is 0 Å². The first kappa shape index (κ1) is 11.1. The smallest absolute Gasteiger partial charge is 0.308 e. The number of hydrogen-bond donors (Lipinski definition) is 2. The van der Waals surface area contributed by atoms with E-state index in [1.54, 1.807) is 6.07 Å². The maximum Gasteiger partial charge on any atom is 0.308 e. The average Bonchev–Trinajstić information content (AvgIpc) is 2.66. The Balaban J connectivity index is 2.32. The Morgan fingerprint density at radius 3 is 2.88 bits per heavy atom. The zero-order valence-corrected chi connectivity index (χ0v) is 9.03. The summed E-state index contributed by atoms with van der Waals surface area (Å²) in [6.45, 7) is 2.94. The molecule has 0 aromatic heterocycles. The van der Waals surface area contributed by atoms with E-state index in [1.807, 2.05) is 6.92 Å². The van der Waals surface area contributed by atoms with Gasteiger partial charge in [-0.15, -0.1) is 0 Å². The molecular formula is C12H14FNO2. The molecule has 1 saturated heterocycles. The van der Waals surface area contributed by atoms with Crippen LogP contribution in [0.15, 0.2) is 18.2 Å². The Labute approximate surface area is 93.3 Å². The summed E-state index contributed by atoms with van der Waals surface area (Å²) in [5, 5.41) is 12.1. The van der Waals surface area contributed by atoms with Gasteiger partial charge in [-0.25, -0.2) is 4.39 Å². The lowest BCUT2D eigenvalue weighted by Gasteiger charge is -2.17. The number of halogens is 1. The molecule has 1 aliphatic rings. The number of aliphatic carboxylic acids is 1. The number of carboxylic acids is 1. The van der Waals surface area contributed by atoms with Gasteiger partial charge in [-0.3, -0.25) is 4.79 Å². The molecule has 3 nitrogen and oxygen atoms in total. The van der Waals surface area contributed by atoms with Gasteiger partial charge in [-0.05, 0) is 30.2 Å². The summed E-state index contributed by atoms with van der Waals surface area (Å²) < 4.78 is 13.0. The zero-order chi connectivity index (χ0) is 11.7. The topological polar surface area (TPSA) is 49.3 Å². The van der Waals surface area contributed by atoms with Crippen molar-refractivity contribution in [2.24, 2.45) is 5.92 Å². The summed E-state index contributed by atoms with van der Waals surface area (Å²) in [6, 6.07) is 4.53. The van der Waals surface area contributed by atoms with E-state index in [4.69, 9.17) is 5.11 Å². The highest BCUT2D eigenvalue weighted by Gasteiger charge is 2.34. The molecular weight excluding hydrogens is 209 g/mol. The number of carbonyl (C=O) groups is 1. The summed E-state index contributed by atoms with van der Waals surface area (Å²) in [5.41, 5.74) is 1.75. The van der Waals surface area contributed by atoms with Crippen LogP contribution in [0.3, 0.4) is 0 Å². The van der Waals surface area contributed by atoms with Gasteiger partial charge in [0.2, 0.25) is 0 Å². The molecule has 2 unspecified atom stereocenters. The van der Waals surface area contributed by atoms with Gasteiger partial charge in [0.05, 0.1) is 5.92 Å². The molecule has 0 aliphatic carbocycles. The van der Waals surface area contributed by atoms with Crippen LogP contribution in [0.1, 0.15) is 17.0 Å². The third-order valence-corrected chi connectivity index (χ3v) is 3.16. The monoisotopic (exact) mass is 223 g/mol. The number of rotatable bonds is 2. The zero-order valence-electron chi connectivity index (χ0n) is 9.03. The number of aryl methyl sites for hydroxylation is 1. The van der Waals surface area contributed by atoms with E-state index in [9.17, 15) is 9.18 Å². The molecule has 4 heteroatoms. The normalized spacial score (nSPS) is 24.6. The van der Waals surface area contributed by atoms with Gasteiger partial charge in [0.15, 0.2) is 0 Å². The van der Waals surface area contributed by atoms with E-state index in [2.05, 4.69) is 5.32 Å². The van der Waals surface area contributed by atoms with Crippen LogP contribution >= 0.6 is 0 Å². The predicted molar refractivity (Wildman–Crippen MR) is 57.9 cm³/mol. The van der Waals surface area contributed by atoms with Gasteiger partial charge in [-0.1, -0.05) is 6.07 Å². The minimum atomic E-state index is -0.793. The largest absolute Gasteiger partial charge is 0.481 e. The predicted octanol–water partition coefficient (Wildman–Crippen LogP) is 1.52. The molecule has 0 amide bonds. The first-order valence-electron chi connectivity index (χ1n) is 5.29. The van der Waals surface area contributed by atoms with Gasteiger partial charge in [0, 0.05) is 19.0 Å². The summed E-state index contributed by atoms with van der Waals surface area (Å²) >= 11 is 0. The molecule has 0 bridgehead atoms. The van der Waals surface area contributed by atoms with Gasteiger partial charge >= 0.3 is 5.97 Å². The Hall–Kier alpha value is -1.42. The van der Waals surface area contributed by atoms with Gasteiger partial charge in [0.25, 0.3) is 0 Å². The van der Waals surface area contributed by atoms with E-state index in [0.29, 0.717) is 13.1 Å². The Kier molecular flexibility index (Phi) is 2.92. The second-order valence-electron chi connectivity index (χ2n) is 4.21. The first-order chi connectivity index (χ1) is 7.59. The molecule has 2 N–H and O–H groups in total. The summed E-state index contributed by atoms with van der Waals surface area (Å²) in [7, 11) is 0. The fraction of sp³-hybridized carbons (Fsp3) is 0.417. The lowest BCUT2D eigenvalue weighted by atomic mass is 9.86.